The topological polar surface area (TPSA) is 40.5 Å². The van der Waals surface area contributed by atoms with E-state index in [-0.39, 0.29) is 13.2 Å². The van der Waals surface area contributed by atoms with Gasteiger partial charge in [0, 0.05) is 9.81 Å². The quantitative estimate of drug-likeness (QED) is 0.799. The molecule has 6 heteroatoms. The van der Waals surface area contributed by atoms with Crippen LogP contribution in [0, 0.1) is 0 Å². The van der Waals surface area contributed by atoms with Gasteiger partial charge in [-0.05, 0) is 10.8 Å². The molecule has 0 aromatic carbocycles. The first-order chi connectivity index (χ1) is 6.83. The standard InChI is InChI=1S/C8H8O2S4/c9-1-5-3-11-7(13-5)8-12-4-6(2-10)14-8/h3-4,9-10H,1-2H2/b8-7-. The molecule has 0 amide bonds. The Labute approximate surface area is 99.3 Å². The summed E-state index contributed by atoms with van der Waals surface area (Å²) < 4.78 is 2.42. The third-order valence-electron chi connectivity index (χ3n) is 1.52. The maximum Gasteiger partial charge on any atom is 0.0749 e. The molecule has 2 N–H and O–H groups in total. The van der Waals surface area contributed by atoms with Gasteiger partial charge in [-0.25, -0.2) is 0 Å². The van der Waals surface area contributed by atoms with Crippen molar-refractivity contribution < 1.29 is 10.2 Å². The Morgan fingerprint density at radius 1 is 0.857 bits per heavy atom. The van der Waals surface area contributed by atoms with E-state index in [0.29, 0.717) is 0 Å². The third kappa shape index (κ3) is 2.37. The van der Waals surface area contributed by atoms with Gasteiger partial charge in [-0.2, -0.15) is 0 Å². The lowest BCUT2D eigenvalue weighted by atomic mass is 10.7. The lowest BCUT2D eigenvalue weighted by molar-refractivity contribution is 0.339. The average molecular weight is 264 g/mol. The van der Waals surface area contributed by atoms with Gasteiger partial charge in [0.25, 0.3) is 0 Å². The highest BCUT2D eigenvalue weighted by molar-refractivity contribution is 8.33. The molecule has 0 bridgehead atoms. The molecule has 0 aromatic rings. The summed E-state index contributed by atoms with van der Waals surface area (Å²) >= 11 is 6.53. The molecule has 0 saturated heterocycles. The molecular formula is C8H8O2S4. The summed E-state index contributed by atoms with van der Waals surface area (Å²) in [5, 5.41) is 21.8. The van der Waals surface area contributed by atoms with E-state index in [9.17, 15) is 0 Å². The average Bonchev–Trinajstić information content (AvgIpc) is 2.86. The van der Waals surface area contributed by atoms with Crippen LogP contribution >= 0.6 is 47.0 Å². The minimum absolute atomic E-state index is 0.115. The van der Waals surface area contributed by atoms with Gasteiger partial charge in [0.1, 0.15) is 0 Å². The molecule has 0 unspecified atom stereocenters. The van der Waals surface area contributed by atoms with Crippen molar-refractivity contribution in [1.82, 2.24) is 0 Å². The molecular weight excluding hydrogens is 256 g/mol. The van der Waals surface area contributed by atoms with E-state index >= 15 is 0 Å². The Morgan fingerprint density at radius 2 is 1.29 bits per heavy atom. The SMILES string of the molecule is OCC1=CS/C(=C2\SC=C(CO)S2)S1. The fourth-order valence-corrected chi connectivity index (χ4v) is 5.55. The molecule has 0 radical (unpaired) electrons. The van der Waals surface area contributed by atoms with Gasteiger partial charge in [-0.3, -0.25) is 0 Å². The summed E-state index contributed by atoms with van der Waals surface area (Å²) in [6, 6.07) is 0. The Hall–Kier alpha value is 0.540. The summed E-state index contributed by atoms with van der Waals surface area (Å²) in [7, 11) is 0. The van der Waals surface area contributed by atoms with Crippen molar-refractivity contribution in [2.24, 2.45) is 0 Å². The number of rotatable bonds is 2. The van der Waals surface area contributed by atoms with Crippen molar-refractivity contribution in [3.63, 3.8) is 0 Å². The molecule has 2 nitrogen and oxygen atoms in total. The molecule has 0 fully saturated rings. The van der Waals surface area contributed by atoms with Crippen LogP contribution in [0.1, 0.15) is 0 Å². The fourth-order valence-electron chi connectivity index (χ4n) is 0.891. The second-order valence-electron chi connectivity index (χ2n) is 2.50. The van der Waals surface area contributed by atoms with Gasteiger partial charge < -0.3 is 10.2 Å². The van der Waals surface area contributed by atoms with E-state index in [1.54, 1.807) is 47.0 Å². The smallest absolute Gasteiger partial charge is 0.0749 e. The Morgan fingerprint density at radius 3 is 1.57 bits per heavy atom. The second-order valence-corrected chi connectivity index (χ2v) is 7.05. The summed E-state index contributed by atoms with van der Waals surface area (Å²) in [6.07, 6.45) is 0. The molecule has 14 heavy (non-hydrogen) atoms. The van der Waals surface area contributed by atoms with Crippen LogP contribution in [0.5, 0.6) is 0 Å². The maximum atomic E-state index is 8.93. The van der Waals surface area contributed by atoms with Crippen LogP contribution in [0.2, 0.25) is 0 Å². The molecule has 2 aliphatic rings. The van der Waals surface area contributed by atoms with Crippen molar-refractivity contribution in [3.05, 3.63) is 29.1 Å². The summed E-state index contributed by atoms with van der Waals surface area (Å²) in [5.74, 6) is 0. The largest absolute Gasteiger partial charge is 0.391 e. The predicted molar refractivity (Wildman–Crippen MR) is 67.7 cm³/mol. The number of aliphatic hydroxyl groups is 2. The molecule has 2 heterocycles. The third-order valence-corrected chi connectivity index (χ3v) is 6.85. The van der Waals surface area contributed by atoms with E-state index in [0.717, 1.165) is 9.81 Å². The summed E-state index contributed by atoms with van der Waals surface area (Å²) in [5.41, 5.74) is 0. The highest BCUT2D eigenvalue weighted by Gasteiger charge is 2.20. The minimum atomic E-state index is 0.115. The normalized spacial score (nSPS) is 26.7. The van der Waals surface area contributed by atoms with E-state index in [1.807, 2.05) is 10.8 Å². The van der Waals surface area contributed by atoms with Crippen molar-refractivity contribution in [2.75, 3.05) is 13.2 Å². The summed E-state index contributed by atoms with van der Waals surface area (Å²) in [6.45, 7) is 0.230. The zero-order valence-corrected chi connectivity index (χ0v) is 10.4. The number of thioether (sulfide) groups is 4. The van der Waals surface area contributed by atoms with E-state index in [1.165, 1.54) is 8.47 Å². The molecule has 0 spiro atoms. The lowest BCUT2D eigenvalue weighted by Crippen LogP contribution is -1.80. The van der Waals surface area contributed by atoms with Gasteiger partial charge >= 0.3 is 0 Å². The van der Waals surface area contributed by atoms with Crippen molar-refractivity contribution in [2.45, 2.75) is 0 Å². The molecule has 0 aliphatic carbocycles. The van der Waals surface area contributed by atoms with Crippen LogP contribution in [0.3, 0.4) is 0 Å². The first-order valence-corrected chi connectivity index (χ1v) is 7.26. The highest BCUT2D eigenvalue weighted by atomic mass is 32.2. The van der Waals surface area contributed by atoms with E-state index in [4.69, 9.17) is 10.2 Å². The van der Waals surface area contributed by atoms with E-state index in [2.05, 4.69) is 0 Å². The zero-order chi connectivity index (χ0) is 9.97. The minimum Gasteiger partial charge on any atom is -0.391 e. The van der Waals surface area contributed by atoms with Crippen molar-refractivity contribution in [3.8, 4) is 0 Å². The molecule has 0 aromatic heterocycles. The molecule has 0 saturated carbocycles. The Balaban J connectivity index is 2.01. The fraction of sp³-hybridized carbons (Fsp3) is 0.250. The van der Waals surface area contributed by atoms with Gasteiger partial charge in [0.05, 0.1) is 21.7 Å². The van der Waals surface area contributed by atoms with Crippen molar-refractivity contribution in [1.29, 1.82) is 0 Å². The van der Waals surface area contributed by atoms with Crippen LogP contribution in [0.4, 0.5) is 0 Å². The van der Waals surface area contributed by atoms with Gasteiger partial charge in [0.15, 0.2) is 0 Å². The van der Waals surface area contributed by atoms with Crippen molar-refractivity contribution >= 4 is 47.0 Å². The first kappa shape index (κ1) is 11.0. The van der Waals surface area contributed by atoms with Gasteiger partial charge in [-0.1, -0.05) is 47.0 Å². The number of hydrogen-bond donors (Lipinski definition) is 2. The number of aliphatic hydroxyl groups excluding tert-OH is 2. The predicted octanol–water partition coefficient (Wildman–Crippen LogP) is 2.74. The molecule has 76 valence electrons. The molecule has 2 aliphatic heterocycles. The monoisotopic (exact) mass is 264 g/mol. The first-order valence-electron chi connectivity index (χ1n) is 3.86. The Bertz CT molecular complexity index is 300. The van der Waals surface area contributed by atoms with E-state index < -0.39 is 0 Å². The lowest BCUT2D eigenvalue weighted by Gasteiger charge is -2.01. The van der Waals surface area contributed by atoms with Crippen LogP contribution in [0.15, 0.2) is 29.1 Å². The van der Waals surface area contributed by atoms with Gasteiger partial charge in [0.2, 0.25) is 0 Å². The van der Waals surface area contributed by atoms with Crippen LogP contribution in [0.25, 0.3) is 0 Å². The second kappa shape index (κ2) is 5.05. The van der Waals surface area contributed by atoms with Crippen LogP contribution in [-0.4, -0.2) is 23.4 Å². The Kier molecular flexibility index (Phi) is 3.98. The molecule has 0 atom stereocenters. The van der Waals surface area contributed by atoms with Crippen LogP contribution < -0.4 is 0 Å². The highest BCUT2D eigenvalue weighted by Crippen LogP contribution is 2.54. The van der Waals surface area contributed by atoms with Gasteiger partial charge in [-0.15, -0.1) is 0 Å². The number of hydrogen-bond acceptors (Lipinski definition) is 6. The molecule has 2 rings (SSSR count). The van der Waals surface area contributed by atoms with Crippen LogP contribution in [-0.2, 0) is 0 Å². The summed E-state index contributed by atoms with van der Waals surface area (Å²) in [4.78, 5) is 1.99. The zero-order valence-electron chi connectivity index (χ0n) is 7.10. The maximum absolute atomic E-state index is 8.93.